The van der Waals surface area contributed by atoms with Gasteiger partial charge in [-0.3, -0.25) is 4.79 Å². The quantitative estimate of drug-likeness (QED) is 0.261. The molecule has 0 spiro atoms. The molecule has 0 amide bonds. The van der Waals surface area contributed by atoms with E-state index in [1.165, 1.54) is 7.11 Å². The summed E-state index contributed by atoms with van der Waals surface area (Å²) in [6, 6.07) is 0. The molecule has 0 fully saturated rings. The van der Waals surface area contributed by atoms with Crippen LogP contribution in [-0.4, -0.2) is 18.9 Å². The third-order valence-corrected chi connectivity index (χ3v) is 0.911. The van der Waals surface area contributed by atoms with E-state index in [9.17, 15) is 9.59 Å². The number of carbonyl (C=O) groups is 2. The normalized spacial score (nSPS) is 8.40. The van der Waals surface area contributed by atoms with Gasteiger partial charge in [-0.2, -0.15) is 0 Å². The van der Waals surface area contributed by atoms with E-state index in [2.05, 4.69) is 4.74 Å². The van der Waals surface area contributed by atoms with Gasteiger partial charge in [0.1, 0.15) is 0 Å². The number of rotatable bonds is 2. The summed E-state index contributed by atoms with van der Waals surface area (Å²) in [6.07, 6.45) is 0. The Balaban J connectivity index is -0.000000320. The van der Waals surface area contributed by atoms with Gasteiger partial charge in [0.15, 0.2) is 0 Å². The van der Waals surface area contributed by atoms with E-state index < -0.39 is 11.8 Å². The summed E-state index contributed by atoms with van der Waals surface area (Å²) >= 11 is 0. The second-order valence-corrected chi connectivity index (χ2v) is 2.01. The molecule has 0 saturated carbocycles. The van der Waals surface area contributed by atoms with Gasteiger partial charge in [0.2, 0.25) is 5.78 Å². The Hall–Kier alpha value is 0.776. The summed E-state index contributed by atoms with van der Waals surface area (Å²) < 4.78 is 4.18. The van der Waals surface area contributed by atoms with Crippen molar-refractivity contribution in [1.29, 1.82) is 0 Å². The summed E-state index contributed by atoms with van der Waals surface area (Å²) in [5, 5.41) is 0. The largest absolute Gasteiger partial charge is 1.00 e. The van der Waals surface area contributed by atoms with Crippen molar-refractivity contribution < 1.29 is 67.1 Å². The van der Waals surface area contributed by atoms with Crippen molar-refractivity contribution in [2.24, 2.45) is 5.92 Å². The minimum atomic E-state index is -0.759. The fourth-order valence-corrected chi connectivity index (χ4v) is 0.336. The zero-order valence-corrected chi connectivity index (χ0v) is 9.93. The molecule has 0 aromatic rings. The number of ketones is 1. The summed E-state index contributed by atoms with van der Waals surface area (Å²) in [7, 11) is 1.20. The van der Waals surface area contributed by atoms with Crippen LogP contribution in [0.25, 0.3) is 0 Å². The molecule has 0 heterocycles. The molecule has 0 bridgehead atoms. The minimum absolute atomic E-state index is 0. The molecule has 0 rings (SSSR count). The molecular formula is C6H11KO3. The summed E-state index contributed by atoms with van der Waals surface area (Å²) in [5.74, 6) is -1.50. The Bertz CT molecular complexity index is 136. The van der Waals surface area contributed by atoms with Gasteiger partial charge in [0.05, 0.1) is 7.11 Å². The van der Waals surface area contributed by atoms with Crippen LogP contribution < -0.4 is 51.4 Å². The fraction of sp³-hybridized carbons (Fsp3) is 0.667. The molecule has 0 unspecified atom stereocenters. The molecule has 3 nitrogen and oxygen atoms in total. The van der Waals surface area contributed by atoms with Crippen molar-refractivity contribution in [1.82, 2.24) is 0 Å². The van der Waals surface area contributed by atoms with E-state index in [1.807, 2.05) is 0 Å². The van der Waals surface area contributed by atoms with Gasteiger partial charge in [-0.15, -0.1) is 0 Å². The van der Waals surface area contributed by atoms with Crippen molar-refractivity contribution in [3.63, 3.8) is 0 Å². The fourth-order valence-electron chi connectivity index (χ4n) is 0.336. The first kappa shape index (κ1) is 13.4. The zero-order chi connectivity index (χ0) is 7.44. The summed E-state index contributed by atoms with van der Waals surface area (Å²) in [5.41, 5.74) is 0. The second-order valence-electron chi connectivity index (χ2n) is 2.01. The monoisotopic (exact) mass is 170 g/mol. The predicted octanol–water partition coefficient (Wildman–Crippen LogP) is -2.50. The number of Topliss-reactive ketones (excluding diaryl/α,β-unsaturated/α-hetero) is 1. The van der Waals surface area contributed by atoms with Gasteiger partial charge in [0, 0.05) is 5.92 Å². The van der Waals surface area contributed by atoms with Crippen molar-refractivity contribution in [2.75, 3.05) is 7.11 Å². The maximum Gasteiger partial charge on any atom is 1.00 e. The Morgan fingerprint density at radius 3 is 1.90 bits per heavy atom. The van der Waals surface area contributed by atoms with Crippen LogP contribution in [0.5, 0.6) is 0 Å². The number of esters is 1. The van der Waals surface area contributed by atoms with Gasteiger partial charge < -0.3 is 6.16 Å². The van der Waals surface area contributed by atoms with E-state index in [0.717, 1.165) is 0 Å². The minimum Gasteiger partial charge on any atom is -1.00 e. The first-order valence-electron chi connectivity index (χ1n) is 2.71. The number of methoxy groups -OCH3 is 1. The summed E-state index contributed by atoms with van der Waals surface area (Å²) in [6.45, 7) is 3.30. The Morgan fingerprint density at radius 1 is 1.40 bits per heavy atom. The molecule has 0 aromatic carbocycles. The molecular weight excluding hydrogens is 159 g/mol. The number of hydrogen-bond donors (Lipinski definition) is 0. The van der Waals surface area contributed by atoms with Gasteiger partial charge in [0.25, 0.3) is 0 Å². The third kappa shape index (κ3) is 4.57. The maximum atomic E-state index is 10.6. The van der Waals surface area contributed by atoms with Crippen molar-refractivity contribution >= 4 is 11.8 Å². The smallest absolute Gasteiger partial charge is 1.00 e. The van der Waals surface area contributed by atoms with E-state index in [0.29, 0.717) is 0 Å². The van der Waals surface area contributed by atoms with Crippen molar-refractivity contribution in [3.8, 4) is 0 Å². The van der Waals surface area contributed by atoms with E-state index >= 15 is 0 Å². The molecule has 0 aliphatic rings. The van der Waals surface area contributed by atoms with Crippen LogP contribution in [0.2, 0.25) is 0 Å². The Labute approximate surface area is 104 Å². The molecule has 0 aliphatic carbocycles. The first-order valence-corrected chi connectivity index (χ1v) is 2.71. The van der Waals surface area contributed by atoms with Crippen LogP contribution >= 0.6 is 0 Å². The number of hydrogen-bond acceptors (Lipinski definition) is 3. The van der Waals surface area contributed by atoms with E-state index in [4.69, 9.17) is 0 Å². The van der Waals surface area contributed by atoms with Gasteiger partial charge in [-0.1, -0.05) is 13.8 Å². The molecule has 0 aliphatic heterocycles. The molecule has 0 radical (unpaired) electrons. The van der Waals surface area contributed by atoms with E-state index in [-0.39, 0.29) is 58.7 Å². The van der Waals surface area contributed by atoms with Crippen molar-refractivity contribution in [2.45, 2.75) is 13.8 Å². The standard InChI is InChI=1S/C6H10O3.K.H/c1-4(2)5(7)6(8)9-3;;/h4H,1-3H3;;/q;+1;-1. The average Bonchev–Trinajstić information content (AvgIpc) is 1.84. The van der Waals surface area contributed by atoms with Crippen LogP contribution in [0.15, 0.2) is 0 Å². The molecule has 0 aromatic heterocycles. The zero-order valence-electron chi connectivity index (χ0n) is 7.80. The van der Waals surface area contributed by atoms with Gasteiger partial charge >= 0.3 is 57.4 Å². The third-order valence-electron chi connectivity index (χ3n) is 0.911. The number of carbonyl (C=O) groups excluding carboxylic acids is 2. The second kappa shape index (κ2) is 6.48. The summed E-state index contributed by atoms with van der Waals surface area (Å²) in [4.78, 5) is 21.0. The molecule has 0 atom stereocenters. The van der Waals surface area contributed by atoms with Gasteiger partial charge in [-0.05, 0) is 0 Å². The topological polar surface area (TPSA) is 43.4 Å². The molecule has 10 heavy (non-hydrogen) atoms. The molecule has 0 saturated heterocycles. The van der Waals surface area contributed by atoms with Crippen molar-refractivity contribution in [3.05, 3.63) is 0 Å². The SMILES string of the molecule is COC(=O)C(=O)C(C)C.[H-].[K+]. The first-order chi connectivity index (χ1) is 4.09. The van der Waals surface area contributed by atoms with Crippen LogP contribution in [-0.2, 0) is 14.3 Å². The van der Waals surface area contributed by atoms with Gasteiger partial charge in [-0.25, -0.2) is 4.79 Å². The molecule has 0 N–H and O–H groups in total. The Kier molecular flexibility index (Phi) is 8.67. The Morgan fingerprint density at radius 2 is 1.80 bits per heavy atom. The molecule has 4 heteroatoms. The van der Waals surface area contributed by atoms with Crippen LogP contribution in [0, 0.1) is 5.92 Å². The average molecular weight is 170 g/mol. The number of ether oxygens (including phenoxy) is 1. The van der Waals surface area contributed by atoms with Crippen LogP contribution in [0.1, 0.15) is 15.3 Å². The van der Waals surface area contributed by atoms with E-state index in [1.54, 1.807) is 13.8 Å². The van der Waals surface area contributed by atoms with Crippen LogP contribution in [0.4, 0.5) is 0 Å². The maximum absolute atomic E-state index is 10.6. The molecule has 54 valence electrons. The van der Waals surface area contributed by atoms with Crippen LogP contribution in [0.3, 0.4) is 0 Å². The predicted molar refractivity (Wildman–Crippen MR) is 33.0 cm³/mol.